The summed E-state index contributed by atoms with van der Waals surface area (Å²) in [5, 5.41) is 8.66. The number of hydrogen-bond acceptors (Lipinski definition) is 4. The Balaban J connectivity index is 2.67. The molecule has 0 aromatic carbocycles. The van der Waals surface area contributed by atoms with Gasteiger partial charge in [-0.1, -0.05) is 0 Å². The molecular formula is C6H10O4. The second-order valence-electron chi connectivity index (χ2n) is 2.74. The van der Waals surface area contributed by atoms with Gasteiger partial charge in [0.15, 0.2) is 6.10 Å². The van der Waals surface area contributed by atoms with Crippen LogP contribution in [0.4, 0.5) is 4.79 Å². The average Bonchev–Trinajstić information content (AvgIpc) is 2.04. The van der Waals surface area contributed by atoms with E-state index in [0.29, 0.717) is 0 Å². The third-order valence-corrected chi connectivity index (χ3v) is 1.53. The van der Waals surface area contributed by atoms with Crippen LogP contribution in [0.2, 0.25) is 0 Å². The molecule has 0 spiro atoms. The van der Waals surface area contributed by atoms with Crippen LogP contribution in [0, 0.1) is 0 Å². The zero-order chi connectivity index (χ0) is 7.78. The zero-order valence-electron chi connectivity index (χ0n) is 5.96. The van der Waals surface area contributed by atoms with E-state index in [1.807, 2.05) is 0 Å². The van der Waals surface area contributed by atoms with Crippen LogP contribution in [-0.2, 0) is 9.47 Å². The SMILES string of the molecule is CC1(C)OC(=O)OC1CO. The lowest BCUT2D eigenvalue weighted by molar-refractivity contribution is 0.0323. The molecule has 4 heteroatoms. The lowest BCUT2D eigenvalue weighted by Gasteiger charge is -2.18. The molecule has 0 radical (unpaired) electrons. The Kier molecular flexibility index (Phi) is 1.56. The fourth-order valence-corrected chi connectivity index (χ4v) is 0.820. The van der Waals surface area contributed by atoms with Crippen molar-refractivity contribution in [2.75, 3.05) is 6.61 Å². The number of aliphatic hydroxyl groups excluding tert-OH is 1. The smallest absolute Gasteiger partial charge is 0.424 e. The van der Waals surface area contributed by atoms with Crippen LogP contribution >= 0.6 is 0 Å². The van der Waals surface area contributed by atoms with Gasteiger partial charge in [-0.05, 0) is 13.8 Å². The molecule has 0 aromatic rings. The van der Waals surface area contributed by atoms with Gasteiger partial charge in [-0.2, -0.15) is 0 Å². The second-order valence-corrected chi connectivity index (χ2v) is 2.74. The van der Waals surface area contributed by atoms with Crippen LogP contribution in [0.25, 0.3) is 0 Å². The molecule has 0 bridgehead atoms. The van der Waals surface area contributed by atoms with Crippen molar-refractivity contribution in [3.05, 3.63) is 0 Å². The van der Waals surface area contributed by atoms with E-state index < -0.39 is 17.9 Å². The largest absolute Gasteiger partial charge is 0.509 e. The molecule has 1 unspecified atom stereocenters. The maximum Gasteiger partial charge on any atom is 0.509 e. The van der Waals surface area contributed by atoms with E-state index in [0.717, 1.165) is 0 Å². The van der Waals surface area contributed by atoms with Crippen LogP contribution in [0.1, 0.15) is 13.8 Å². The molecule has 1 rings (SSSR count). The van der Waals surface area contributed by atoms with E-state index in [2.05, 4.69) is 4.74 Å². The fraction of sp³-hybridized carbons (Fsp3) is 0.833. The molecule has 10 heavy (non-hydrogen) atoms. The van der Waals surface area contributed by atoms with Crippen molar-refractivity contribution >= 4 is 6.16 Å². The van der Waals surface area contributed by atoms with Crippen molar-refractivity contribution in [2.45, 2.75) is 25.6 Å². The van der Waals surface area contributed by atoms with Crippen LogP contribution in [-0.4, -0.2) is 29.6 Å². The van der Waals surface area contributed by atoms with Gasteiger partial charge in [-0.3, -0.25) is 0 Å². The van der Waals surface area contributed by atoms with Crippen molar-refractivity contribution in [1.82, 2.24) is 0 Å². The number of carbonyl (C=O) groups excluding carboxylic acids is 1. The minimum atomic E-state index is -0.705. The van der Waals surface area contributed by atoms with Gasteiger partial charge in [0, 0.05) is 0 Å². The predicted octanol–water partition coefficient (Wildman–Crippen LogP) is 0.293. The summed E-state index contributed by atoms with van der Waals surface area (Å²) < 4.78 is 9.35. The topological polar surface area (TPSA) is 55.8 Å². The first-order valence-corrected chi connectivity index (χ1v) is 3.07. The van der Waals surface area contributed by atoms with Gasteiger partial charge in [0.2, 0.25) is 0 Å². The van der Waals surface area contributed by atoms with Crippen LogP contribution in [0.15, 0.2) is 0 Å². The van der Waals surface area contributed by atoms with Crippen molar-refractivity contribution in [2.24, 2.45) is 0 Å². The Hall–Kier alpha value is -0.770. The molecule has 4 nitrogen and oxygen atoms in total. The number of cyclic esters (lactones) is 2. The highest BCUT2D eigenvalue weighted by atomic mass is 16.8. The second kappa shape index (κ2) is 2.12. The molecule has 0 amide bonds. The third kappa shape index (κ3) is 1.07. The maximum absolute atomic E-state index is 10.5. The summed E-state index contributed by atoms with van der Waals surface area (Å²) in [6.45, 7) is 3.19. The highest BCUT2D eigenvalue weighted by Gasteiger charge is 2.43. The molecule has 0 aromatic heterocycles. The molecule has 1 N–H and O–H groups in total. The summed E-state index contributed by atoms with van der Waals surface area (Å²) >= 11 is 0. The Labute approximate surface area is 58.7 Å². The standard InChI is InChI=1S/C6H10O4/c1-6(2)4(3-7)9-5(8)10-6/h4,7H,3H2,1-2H3. The van der Waals surface area contributed by atoms with E-state index in [1.54, 1.807) is 13.8 Å². The summed E-state index contributed by atoms with van der Waals surface area (Å²) in [6, 6.07) is 0. The predicted molar refractivity (Wildman–Crippen MR) is 32.5 cm³/mol. The summed E-state index contributed by atoms with van der Waals surface area (Å²) in [5.74, 6) is 0. The van der Waals surface area contributed by atoms with Gasteiger partial charge >= 0.3 is 6.16 Å². The molecule has 1 saturated heterocycles. The van der Waals surface area contributed by atoms with Gasteiger partial charge in [0.05, 0.1) is 6.61 Å². The molecule has 0 aliphatic carbocycles. The number of ether oxygens (including phenoxy) is 2. The van der Waals surface area contributed by atoms with Crippen LogP contribution in [0.5, 0.6) is 0 Å². The first-order chi connectivity index (χ1) is 4.56. The molecule has 58 valence electrons. The van der Waals surface area contributed by atoms with Crippen molar-refractivity contribution in [3.8, 4) is 0 Å². The molecule has 1 aliphatic rings. The summed E-state index contributed by atoms with van der Waals surface area (Å²) in [6.07, 6.45) is -1.23. The fourth-order valence-electron chi connectivity index (χ4n) is 0.820. The molecule has 1 fully saturated rings. The molecule has 1 aliphatic heterocycles. The third-order valence-electron chi connectivity index (χ3n) is 1.53. The highest BCUT2D eigenvalue weighted by molar-refractivity contribution is 5.63. The van der Waals surface area contributed by atoms with Gasteiger partial charge in [0.25, 0.3) is 0 Å². The van der Waals surface area contributed by atoms with Gasteiger partial charge in [-0.25, -0.2) is 4.79 Å². The van der Waals surface area contributed by atoms with E-state index in [-0.39, 0.29) is 6.61 Å². The summed E-state index contributed by atoms with van der Waals surface area (Å²) in [7, 11) is 0. The normalized spacial score (nSPS) is 29.5. The lowest BCUT2D eigenvalue weighted by Crippen LogP contribution is -2.35. The van der Waals surface area contributed by atoms with Crippen molar-refractivity contribution < 1.29 is 19.4 Å². The summed E-state index contributed by atoms with van der Waals surface area (Å²) in [4.78, 5) is 10.5. The van der Waals surface area contributed by atoms with Crippen LogP contribution in [0.3, 0.4) is 0 Å². The minimum absolute atomic E-state index is 0.196. The number of hydrogen-bond donors (Lipinski definition) is 1. The maximum atomic E-state index is 10.5. The molecule has 1 heterocycles. The minimum Gasteiger partial charge on any atom is -0.424 e. The Morgan fingerprint density at radius 2 is 2.30 bits per heavy atom. The van der Waals surface area contributed by atoms with E-state index in [9.17, 15) is 4.79 Å². The summed E-state index contributed by atoms with van der Waals surface area (Å²) in [5.41, 5.74) is -0.689. The van der Waals surface area contributed by atoms with Crippen LogP contribution < -0.4 is 0 Å². The van der Waals surface area contributed by atoms with Crippen molar-refractivity contribution in [1.29, 1.82) is 0 Å². The Bertz CT molecular complexity index is 152. The zero-order valence-corrected chi connectivity index (χ0v) is 5.96. The van der Waals surface area contributed by atoms with Gasteiger partial charge < -0.3 is 14.6 Å². The monoisotopic (exact) mass is 146 g/mol. The molecule has 1 atom stereocenters. The Morgan fingerprint density at radius 1 is 1.70 bits per heavy atom. The Morgan fingerprint density at radius 3 is 2.50 bits per heavy atom. The lowest BCUT2D eigenvalue weighted by atomic mass is 10.0. The van der Waals surface area contributed by atoms with E-state index in [4.69, 9.17) is 9.84 Å². The molecular weight excluding hydrogens is 136 g/mol. The van der Waals surface area contributed by atoms with Gasteiger partial charge in [-0.15, -0.1) is 0 Å². The number of carbonyl (C=O) groups is 1. The first kappa shape index (κ1) is 7.34. The van der Waals surface area contributed by atoms with Gasteiger partial charge in [0.1, 0.15) is 5.60 Å². The van der Waals surface area contributed by atoms with E-state index >= 15 is 0 Å². The first-order valence-electron chi connectivity index (χ1n) is 3.07. The molecule has 0 saturated carbocycles. The van der Waals surface area contributed by atoms with E-state index in [1.165, 1.54) is 0 Å². The number of aliphatic hydroxyl groups is 1. The highest BCUT2D eigenvalue weighted by Crippen LogP contribution is 2.25. The average molecular weight is 146 g/mol. The number of rotatable bonds is 1. The van der Waals surface area contributed by atoms with Crippen molar-refractivity contribution in [3.63, 3.8) is 0 Å². The quantitative estimate of drug-likeness (QED) is 0.540.